The third-order valence-electron chi connectivity index (χ3n) is 4.01. The number of fused-ring (bicyclic) bond motifs is 3. The number of nitrogens with two attached hydrogens (primary N) is 1. The first-order chi connectivity index (χ1) is 8.95. The van der Waals surface area contributed by atoms with E-state index in [1.165, 1.54) is 15.1 Å². The van der Waals surface area contributed by atoms with Crippen molar-refractivity contribution in [2.24, 2.45) is 0 Å². The van der Waals surface area contributed by atoms with Crippen LogP contribution >= 0.6 is 11.3 Å². The van der Waals surface area contributed by atoms with Gasteiger partial charge in [0.2, 0.25) is 0 Å². The molecule has 0 radical (unpaired) electrons. The number of nitrogens with zero attached hydrogens (tertiary/aromatic N) is 2. The summed E-state index contributed by atoms with van der Waals surface area (Å²) in [4.78, 5) is 6.58. The fourth-order valence-corrected chi connectivity index (χ4v) is 3.65. The van der Waals surface area contributed by atoms with Gasteiger partial charge in [0, 0.05) is 11.3 Å². The van der Waals surface area contributed by atoms with Gasteiger partial charge >= 0.3 is 0 Å². The van der Waals surface area contributed by atoms with Crippen LogP contribution in [0.3, 0.4) is 0 Å². The Morgan fingerprint density at radius 3 is 3.00 bits per heavy atom. The Balaban J connectivity index is 2.29. The van der Waals surface area contributed by atoms with Crippen LogP contribution in [0.4, 0.5) is 0 Å². The van der Waals surface area contributed by atoms with Gasteiger partial charge in [-0.2, -0.15) is 0 Å². The molecule has 2 aromatic rings. The van der Waals surface area contributed by atoms with E-state index >= 15 is 0 Å². The Bertz CT molecular complexity index is 717. The SMILES string of the molecule is CC[C@@]1(C)Cc2c(sc3nc(C)n(N)c(=N)c23)CO1. The largest absolute Gasteiger partial charge is 0.369 e. The van der Waals surface area contributed by atoms with Crippen LogP contribution in [-0.4, -0.2) is 15.3 Å². The van der Waals surface area contributed by atoms with E-state index in [4.69, 9.17) is 16.0 Å². The first kappa shape index (κ1) is 12.6. The summed E-state index contributed by atoms with van der Waals surface area (Å²) in [6.45, 7) is 6.69. The minimum Gasteiger partial charge on any atom is -0.369 e. The van der Waals surface area contributed by atoms with Gasteiger partial charge in [0.1, 0.15) is 10.7 Å². The fourth-order valence-electron chi connectivity index (χ4n) is 2.50. The number of nitrogens with one attached hydrogen (secondary N) is 1. The van der Waals surface area contributed by atoms with Gasteiger partial charge < -0.3 is 10.6 Å². The minimum absolute atomic E-state index is 0.141. The standard InChI is InChI=1S/C13H18N4OS/c1-4-13(3)5-8-9(6-18-13)19-12-10(8)11(14)17(15)7(2)16-12/h14H,4-6,15H2,1-3H3/t13-/m0/s1. The molecule has 0 aliphatic carbocycles. The third kappa shape index (κ3) is 1.78. The van der Waals surface area contributed by atoms with Gasteiger partial charge in [-0.05, 0) is 25.8 Å². The summed E-state index contributed by atoms with van der Waals surface area (Å²) in [6, 6.07) is 0. The predicted octanol–water partition coefficient (Wildman–Crippen LogP) is 1.84. The Morgan fingerprint density at radius 2 is 2.32 bits per heavy atom. The Hall–Kier alpha value is -1.40. The molecule has 2 aromatic heterocycles. The summed E-state index contributed by atoms with van der Waals surface area (Å²) < 4.78 is 7.31. The van der Waals surface area contributed by atoms with Gasteiger partial charge in [-0.3, -0.25) is 5.41 Å². The maximum atomic E-state index is 8.24. The molecule has 5 nitrogen and oxygen atoms in total. The van der Waals surface area contributed by atoms with E-state index in [2.05, 4.69) is 18.8 Å². The topological polar surface area (TPSA) is 76.9 Å². The van der Waals surface area contributed by atoms with Crippen molar-refractivity contribution in [3.8, 4) is 0 Å². The number of nitrogen functional groups attached to an aromatic ring is 1. The van der Waals surface area contributed by atoms with E-state index in [0.29, 0.717) is 17.9 Å². The first-order valence-corrected chi connectivity index (χ1v) is 7.24. The van der Waals surface area contributed by atoms with Gasteiger partial charge in [0.25, 0.3) is 0 Å². The highest BCUT2D eigenvalue weighted by Crippen LogP contribution is 2.38. The fraction of sp³-hybridized carbons (Fsp3) is 0.538. The Kier molecular flexibility index (Phi) is 2.69. The Morgan fingerprint density at radius 1 is 1.58 bits per heavy atom. The number of thiophene rings is 1. The normalized spacial score (nSPS) is 22.7. The summed E-state index contributed by atoms with van der Waals surface area (Å²) in [5.74, 6) is 6.54. The lowest BCUT2D eigenvalue weighted by Gasteiger charge is -2.33. The highest BCUT2D eigenvalue weighted by molar-refractivity contribution is 7.18. The molecule has 1 aliphatic heterocycles. The van der Waals surface area contributed by atoms with Crippen LogP contribution in [-0.2, 0) is 17.8 Å². The molecule has 0 bridgehead atoms. The van der Waals surface area contributed by atoms with Crippen molar-refractivity contribution in [3.05, 3.63) is 21.8 Å². The Labute approximate surface area is 115 Å². The average Bonchev–Trinajstić information content (AvgIpc) is 2.73. The zero-order valence-corrected chi connectivity index (χ0v) is 12.2. The number of ether oxygens (including phenoxy) is 1. The molecule has 19 heavy (non-hydrogen) atoms. The van der Waals surface area contributed by atoms with Crippen LogP contribution in [0.1, 0.15) is 36.5 Å². The van der Waals surface area contributed by atoms with Crippen LogP contribution in [0, 0.1) is 12.3 Å². The zero-order chi connectivity index (χ0) is 13.8. The van der Waals surface area contributed by atoms with Crippen molar-refractivity contribution >= 4 is 21.6 Å². The number of aryl methyl sites for hydroxylation is 1. The van der Waals surface area contributed by atoms with Gasteiger partial charge in [0.05, 0.1) is 17.6 Å². The van der Waals surface area contributed by atoms with Crippen molar-refractivity contribution in [3.63, 3.8) is 0 Å². The van der Waals surface area contributed by atoms with Gasteiger partial charge in [0.15, 0.2) is 5.49 Å². The molecule has 3 N–H and O–H groups in total. The second kappa shape index (κ2) is 4.05. The minimum atomic E-state index is -0.141. The van der Waals surface area contributed by atoms with Crippen molar-refractivity contribution in [1.29, 1.82) is 5.41 Å². The lowest BCUT2D eigenvalue weighted by Crippen LogP contribution is -2.35. The van der Waals surface area contributed by atoms with E-state index in [-0.39, 0.29) is 5.60 Å². The molecule has 3 heterocycles. The van der Waals surface area contributed by atoms with Crippen LogP contribution in [0.2, 0.25) is 0 Å². The molecule has 0 saturated carbocycles. The van der Waals surface area contributed by atoms with E-state index < -0.39 is 0 Å². The van der Waals surface area contributed by atoms with Crippen LogP contribution in [0.5, 0.6) is 0 Å². The highest BCUT2D eigenvalue weighted by atomic mass is 32.1. The lowest BCUT2D eigenvalue weighted by molar-refractivity contribution is -0.0543. The summed E-state index contributed by atoms with van der Waals surface area (Å²) in [5.41, 5.74) is 1.41. The maximum Gasteiger partial charge on any atom is 0.155 e. The monoisotopic (exact) mass is 278 g/mol. The van der Waals surface area contributed by atoms with Crippen LogP contribution in [0.15, 0.2) is 0 Å². The summed E-state index contributed by atoms with van der Waals surface area (Å²) in [6.07, 6.45) is 1.79. The summed E-state index contributed by atoms with van der Waals surface area (Å²) >= 11 is 1.62. The second-order valence-corrected chi connectivity index (χ2v) is 6.41. The molecular formula is C13H18N4OS. The summed E-state index contributed by atoms with van der Waals surface area (Å²) in [7, 11) is 0. The molecular weight excluding hydrogens is 260 g/mol. The molecule has 0 amide bonds. The van der Waals surface area contributed by atoms with E-state index in [9.17, 15) is 0 Å². The van der Waals surface area contributed by atoms with Crippen molar-refractivity contribution in [2.45, 2.75) is 45.8 Å². The lowest BCUT2D eigenvalue weighted by atomic mass is 9.90. The average molecular weight is 278 g/mol. The predicted molar refractivity (Wildman–Crippen MR) is 75.5 cm³/mol. The smallest absolute Gasteiger partial charge is 0.155 e. The van der Waals surface area contributed by atoms with E-state index in [0.717, 1.165) is 23.1 Å². The molecule has 0 saturated heterocycles. The van der Waals surface area contributed by atoms with E-state index in [1.54, 1.807) is 11.3 Å². The molecule has 0 fully saturated rings. The maximum absolute atomic E-state index is 8.24. The van der Waals surface area contributed by atoms with Crippen molar-refractivity contribution in [1.82, 2.24) is 9.66 Å². The van der Waals surface area contributed by atoms with Gasteiger partial charge in [-0.15, -0.1) is 11.3 Å². The molecule has 3 rings (SSSR count). The van der Waals surface area contributed by atoms with E-state index in [1.807, 2.05) is 6.92 Å². The number of hydrogen-bond donors (Lipinski definition) is 2. The molecule has 102 valence electrons. The van der Waals surface area contributed by atoms with Gasteiger partial charge in [-0.25, -0.2) is 9.66 Å². The number of aromatic nitrogens is 2. The summed E-state index contributed by atoms with van der Waals surface area (Å²) in [5, 5.41) is 9.14. The molecule has 1 atom stereocenters. The first-order valence-electron chi connectivity index (χ1n) is 6.42. The molecule has 0 spiro atoms. The number of rotatable bonds is 1. The van der Waals surface area contributed by atoms with Gasteiger partial charge in [-0.1, -0.05) is 6.92 Å². The van der Waals surface area contributed by atoms with Crippen LogP contribution < -0.4 is 11.3 Å². The van der Waals surface area contributed by atoms with Crippen molar-refractivity contribution < 1.29 is 4.74 Å². The molecule has 1 aliphatic rings. The quantitative estimate of drug-likeness (QED) is 0.781. The van der Waals surface area contributed by atoms with Crippen LogP contribution in [0.25, 0.3) is 10.2 Å². The van der Waals surface area contributed by atoms with Crippen molar-refractivity contribution in [2.75, 3.05) is 5.84 Å². The third-order valence-corrected chi connectivity index (χ3v) is 5.11. The molecule has 0 aromatic carbocycles. The second-order valence-electron chi connectivity index (χ2n) is 5.33. The molecule has 0 unspecified atom stereocenters. The molecule has 6 heteroatoms. The highest BCUT2D eigenvalue weighted by Gasteiger charge is 2.32. The number of hydrogen-bond acceptors (Lipinski definition) is 5. The zero-order valence-electron chi connectivity index (χ0n) is 11.4.